The monoisotopic (exact) mass is 310 g/mol. The lowest BCUT2D eigenvalue weighted by Crippen LogP contribution is -2.32. The average Bonchev–Trinajstić information content (AvgIpc) is 2.37. The van der Waals surface area contributed by atoms with Crippen molar-refractivity contribution in [2.75, 3.05) is 13.6 Å². The van der Waals surface area contributed by atoms with Gasteiger partial charge in [-0.25, -0.2) is 8.42 Å². The molecule has 2 rings (SSSR count). The van der Waals surface area contributed by atoms with Gasteiger partial charge in [0.05, 0.1) is 4.90 Å². The smallest absolute Gasteiger partial charge is 0.318 e. The summed E-state index contributed by atoms with van der Waals surface area (Å²) in [4.78, 5) is 24.6. The van der Waals surface area contributed by atoms with Crippen molar-refractivity contribution in [3.8, 4) is 0 Å². The number of rotatable bonds is 4. The Morgan fingerprint density at radius 2 is 2.00 bits per heavy atom. The van der Waals surface area contributed by atoms with E-state index in [9.17, 15) is 18.0 Å². The van der Waals surface area contributed by atoms with Crippen LogP contribution in [-0.4, -0.2) is 42.4 Å². The van der Waals surface area contributed by atoms with Gasteiger partial charge in [0.2, 0.25) is 15.6 Å². The summed E-state index contributed by atoms with van der Waals surface area (Å²) in [6.45, 7) is 1.08. The Bertz CT molecular complexity index is 870. The molecule has 0 saturated heterocycles. The maximum atomic E-state index is 12.3. The molecule has 0 saturated carbocycles. The van der Waals surface area contributed by atoms with Gasteiger partial charge in [-0.15, -0.1) is 0 Å². The van der Waals surface area contributed by atoms with Crippen molar-refractivity contribution in [3.05, 3.63) is 40.2 Å². The number of carboxylic acids is 1. The largest absolute Gasteiger partial charge is 0.480 e. The quantitative estimate of drug-likeness (QED) is 0.857. The molecule has 0 radical (unpaired) electrons. The third-order valence-electron chi connectivity index (χ3n) is 3.09. The van der Waals surface area contributed by atoms with Crippen LogP contribution in [0.25, 0.3) is 10.9 Å². The summed E-state index contributed by atoms with van der Waals surface area (Å²) < 4.78 is 25.3. The first-order chi connectivity index (χ1) is 9.71. The Labute approximate surface area is 120 Å². The van der Waals surface area contributed by atoms with Crippen molar-refractivity contribution >= 4 is 26.9 Å². The van der Waals surface area contributed by atoms with Crippen LogP contribution in [0.2, 0.25) is 0 Å². The lowest BCUT2D eigenvalue weighted by atomic mass is 10.1. The standard InChI is InChI=1S/C13H14N2O5S/c1-8-5-12(16)14-11-4-3-9(6-10(8)11)21(19,20)15(2)7-13(17)18/h3-6H,7H2,1-2H3,(H,14,16)(H,17,18). The van der Waals surface area contributed by atoms with Gasteiger partial charge in [0.25, 0.3) is 0 Å². The lowest BCUT2D eigenvalue weighted by molar-refractivity contribution is -0.137. The third kappa shape index (κ3) is 2.96. The minimum Gasteiger partial charge on any atom is -0.480 e. The van der Waals surface area contributed by atoms with Crippen LogP contribution in [0.1, 0.15) is 5.56 Å². The maximum Gasteiger partial charge on any atom is 0.318 e. The first kappa shape index (κ1) is 15.2. The number of fused-ring (bicyclic) bond motifs is 1. The van der Waals surface area contributed by atoms with Crippen LogP contribution in [0.3, 0.4) is 0 Å². The predicted octanol–water partition coefficient (Wildman–Crippen LogP) is 0.542. The summed E-state index contributed by atoms with van der Waals surface area (Å²) in [5.74, 6) is -1.23. The number of carbonyl (C=O) groups is 1. The number of aryl methyl sites for hydroxylation is 1. The number of sulfonamides is 1. The van der Waals surface area contributed by atoms with E-state index >= 15 is 0 Å². The van der Waals surface area contributed by atoms with Gasteiger partial charge in [0.15, 0.2) is 0 Å². The molecule has 1 heterocycles. The highest BCUT2D eigenvalue weighted by atomic mass is 32.2. The Hall–Kier alpha value is -2.19. The normalized spacial score (nSPS) is 12.0. The fourth-order valence-corrected chi connectivity index (χ4v) is 3.16. The number of aromatic amines is 1. The predicted molar refractivity (Wildman–Crippen MR) is 76.8 cm³/mol. The van der Waals surface area contributed by atoms with Crippen molar-refractivity contribution in [3.63, 3.8) is 0 Å². The highest BCUT2D eigenvalue weighted by molar-refractivity contribution is 7.89. The number of aliphatic carboxylic acids is 1. The Balaban J connectivity index is 2.57. The van der Waals surface area contributed by atoms with E-state index in [2.05, 4.69) is 4.98 Å². The maximum absolute atomic E-state index is 12.3. The molecule has 1 aromatic heterocycles. The molecule has 0 aliphatic heterocycles. The molecule has 0 aliphatic carbocycles. The molecule has 0 unspecified atom stereocenters. The molecule has 8 heteroatoms. The molecule has 0 atom stereocenters. The number of likely N-dealkylation sites (N-methyl/N-ethyl adjacent to an activating group) is 1. The van der Waals surface area contributed by atoms with E-state index in [4.69, 9.17) is 5.11 Å². The first-order valence-corrected chi connectivity index (χ1v) is 7.47. The number of aromatic nitrogens is 1. The Morgan fingerprint density at radius 1 is 1.33 bits per heavy atom. The second kappa shape index (κ2) is 5.30. The molecular formula is C13H14N2O5S. The average molecular weight is 310 g/mol. The van der Waals surface area contributed by atoms with Crippen LogP contribution >= 0.6 is 0 Å². The lowest BCUT2D eigenvalue weighted by Gasteiger charge is -2.15. The summed E-state index contributed by atoms with van der Waals surface area (Å²) in [5.41, 5.74) is 0.908. The number of benzene rings is 1. The number of hydrogen-bond acceptors (Lipinski definition) is 4. The molecule has 0 bridgehead atoms. The van der Waals surface area contributed by atoms with E-state index in [-0.39, 0.29) is 10.5 Å². The highest BCUT2D eigenvalue weighted by Gasteiger charge is 2.23. The van der Waals surface area contributed by atoms with E-state index in [0.717, 1.165) is 4.31 Å². The Morgan fingerprint density at radius 3 is 2.62 bits per heavy atom. The van der Waals surface area contributed by atoms with Crippen molar-refractivity contribution in [1.82, 2.24) is 9.29 Å². The van der Waals surface area contributed by atoms with Crippen LogP contribution in [0.15, 0.2) is 34.0 Å². The zero-order chi connectivity index (χ0) is 15.8. The number of nitrogens with one attached hydrogen (secondary N) is 1. The topological polar surface area (TPSA) is 108 Å². The summed E-state index contributed by atoms with van der Waals surface area (Å²) in [6, 6.07) is 5.63. The molecule has 7 nitrogen and oxygen atoms in total. The van der Waals surface area contributed by atoms with Crippen LogP contribution in [0.5, 0.6) is 0 Å². The van der Waals surface area contributed by atoms with Crippen LogP contribution in [0, 0.1) is 6.92 Å². The molecule has 0 spiro atoms. The molecule has 0 aliphatic rings. The van der Waals surface area contributed by atoms with Crippen molar-refractivity contribution in [1.29, 1.82) is 0 Å². The zero-order valence-electron chi connectivity index (χ0n) is 11.5. The number of hydrogen-bond donors (Lipinski definition) is 2. The number of nitrogens with zero attached hydrogens (tertiary/aromatic N) is 1. The fraction of sp³-hybridized carbons (Fsp3) is 0.231. The summed E-state index contributed by atoms with van der Waals surface area (Å²) in [6.07, 6.45) is 0. The van der Waals surface area contributed by atoms with Crippen LogP contribution < -0.4 is 5.56 Å². The highest BCUT2D eigenvalue weighted by Crippen LogP contribution is 2.21. The second-order valence-corrected chi connectivity index (χ2v) is 6.72. The van der Waals surface area contributed by atoms with Gasteiger partial charge in [0.1, 0.15) is 6.54 Å². The van der Waals surface area contributed by atoms with Crippen molar-refractivity contribution in [2.45, 2.75) is 11.8 Å². The van der Waals surface area contributed by atoms with E-state index in [1.165, 1.54) is 31.3 Å². The van der Waals surface area contributed by atoms with Crippen LogP contribution in [0.4, 0.5) is 0 Å². The minimum atomic E-state index is -3.89. The zero-order valence-corrected chi connectivity index (χ0v) is 12.3. The van der Waals surface area contributed by atoms with E-state index < -0.39 is 22.5 Å². The van der Waals surface area contributed by atoms with Gasteiger partial charge in [-0.2, -0.15) is 4.31 Å². The van der Waals surface area contributed by atoms with Gasteiger partial charge in [-0.1, -0.05) is 0 Å². The number of carboxylic acid groups (broad SMARTS) is 1. The molecule has 1 aromatic carbocycles. The van der Waals surface area contributed by atoms with Gasteiger partial charge < -0.3 is 10.1 Å². The molecule has 0 fully saturated rings. The SMILES string of the molecule is Cc1cc(=O)[nH]c2ccc(S(=O)(=O)N(C)CC(=O)O)cc12. The summed E-state index contributed by atoms with van der Waals surface area (Å²) in [7, 11) is -2.69. The summed E-state index contributed by atoms with van der Waals surface area (Å²) >= 11 is 0. The summed E-state index contributed by atoms with van der Waals surface area (Å²) in [5, 5.41) is 9.29. The minimum absolute atomic E-state index is 0.0195. The van der Waals surface area contributed by atoms with Gasteiger partial charge in [-0.05, 0) is 30.7 Å². The molecule has 21 heavy (non-hydrogen) atoms. The van der Waals surface area contributed by atoms with Gasteiger partial charge >= 0.3 is 5.97 Å². The Kier molecular flexibility index (Phi) is 3.84. The van der Waals surface area contributed by atoms with E-state index in [1.807, 2.05) is 0 Å². The number of pyridine rings is 1. The fourth-order valence-electron chi connectivity index (χ4n) is 2.02. The molecule has 0 amide bonds. The van der Waals surface area contributed by atoms with E-state index in [1.54, 1.807) is 6.92 Å². The molecular weight excluding hydrogens is 296 g/mol. The van der Waals surface area contributed by atoms with Crippen LogP contribution in [-0.2, 0) is 14.8 Å². The third-order valence-corrected chi connectivity index (χ3v) is 4.89. The molecule has 2 N–H and O–H groups in total. The van der Waals surface area contributed by atoms with Gasteiger partial charge in [0, 0.05) is 24.0 Å². The van der Waals surface area contributed by atoms with Gasteiger partial charge in [-0.3, -0.25) is 9.59 Å². The molecule has 2 aromatic rings. The molecule has 112 valence electrons. The van der Waals surface area contributed by atoms with Crippen molar-refractivity contribution in [2.24, 2.45) is 0 Å². The van der Waals surface area contributed by atoms with Crippen molar-refractivity contribution < 1.29 is 18.3 Å². The second-order valence-electron chi connectivity index (χ2n) is 4.68. The number of H-pyrrole nitrogens is 1. The first-order valence-electron chi connectivity index (χ1n) is 6.03. The van der Waals surface area contributed by atoms with E-state index in [0.29, 0.717) is 16.5 Å².